The first-order valence-corrected chi connectivity index (χ1v) is 6.39. The van der Waals surface area contributed by atoms with Crippen LogP contribution in [0.5, 0.6) is 0 Å². The predicted octanol–water partition coefficient (Wildman–Crippen LogP) is 3.99. The zero-order valence-corrected chi connectivity index (χ0v) is 11.9. The number of nitriles is 1. The van der Waals surface area contributed by atoms with Gasteiger partial charge in [-0.05, 0) is 42.5 Å². The van der Waals surface area contributed by atoms with Crippen molar-refractivity contribution in [3.63, 3.8) is 0 Å². The minimum atomic E-state index is -4.49. The van der Waals surface area contributed by atoms with E-state index >= 15 is 0 Å². The highest BCUT2D eigenvalue weighted by atomic mass is 19.4. The van der Waals surface area contributed by atoms with Crippen LogP contribution in [0.3, 0.4) is 0 Å². The van der Waals surface area contributed by atoms with Crippen molar-refractivity contribution in [1.82, 2.24) is 0 Å². The Morgan fingerprint density at radius 2 is 1.74 bits per heavy atom. The van der Waals surface area contributed by atoms with Gasteiger partial charge in [0, 0.05) is 12.6 Å². The van der Waals surface area contributed by atoms with Gasteiger partial charge in [0.05, 0.1) is 16.8 Å². The van der Waals surface area contributed by atoms with E-state index in [0.717, 1.165) is 41.3 Å². The first-order chi connectivity index (χ1) is 10.7. The van der Waals surface area contributed by atoms with Crippen molar-refractivity contribution in [1.29, 1.82) is 5.26 Å². The predicted molar refractivity (Wildman–Crippen MR) is 75.3 cm³/mol. The quantitative estimate of drug-likeness (QED) is 0.785. The minimum Gasteiger partial charge on any atom is -0.310 e. The maximum Gasteiger partial charge on any atom is 0.416 e. The lowest BCUT2D eigenvalue weighted by molar-refractivity contribution is -0.137. The Morgan fingerprint density at radius 1 is 1.13 bits per heavy atom. The zero-order valence-electron chi connectivity index (χ0n) is 11.9. The number of anilines is 1. The number of rotatable bonds is 2. The molecular weight excluding hydrogens is 312 g/mol. The second-order valence-corrected chi connectivity index (χ2v) is 4.71. The molecule has 0 bridgehead atoms. The smallest absolute Gasteiger partial charge is 0.310 e. The molecule has 0 aliphatic rings. The molecule has 2 aromatic carbocycles. The highest BCUT2D eigenvalue weighted by Gasteiger charge is 2.30. The molecular formula is C16H10F4N2O. The molecule has 2 aromatic rings. The van der Waals surface area contributed by atoms with Crippen LogP contribution >= 0.6 is 0 Å². The van der Waals surface area contributed by atoms with Gasteiger partial charge >= 0.3 is 6.18 Å². The lowest BCUT2D eigenvalue weighted by Gasteiger charge is -2.19. The van der Waals surface area contributed by atoms with Crippen LogP contribution in [0.15, 0.2) is 42.5 Å². The summed E-state index contributed by atoms with van der Waals surface area (Å²) in [5, 5.41) is 8.99. The molecule has 118 valence electrons. The van der Waals surface area contributed by atoms with Gasteiger partial charge in [0.25, 0.3) is 5.91 Å². The van der Waals surface area contributed by atoms with Crippen LogP contribution in [0.1, 0.15) is 21.5 Å². The monoisotopic (exact) mass is 322 g/mol. The van der Waals surface area contributed by atoms with Crippen LogP contribution in [0.4, 0.5) is 23.2 Å². The summed E-state index contributed by atoms with van der Waals surface area (Å²) in [6, 6.07) is 8.81. The van der Waals surface area contributed by atoms with Crippen LogP contribution in [0, 0.1) is 17.1 Å². The van der Waals surface area contributed by atoms with E-state index in [9.17, 15) is 22.4 Å². The number of carbonyl (C=O) groups is 1. The highest BCUT2D eigenvalue weighted by Crippen LogP contribution is 2.29. The van der Waals surface area contributed by atoms with Crippen molar-refractivity contribution in [2.24, 2.45) is 0 Å². The third-order valence-corrected chi connectivity index (χ3v) is 3.20. The van der Waals surface area contributed by atoms with Gasteiger partial charge < -0.3 is 4.90 Å². The second kappa shape index (κ2) is 6.08. The summed E-state index contributed by atoms with van der Waals surface area (Å²) >= 11 is 0. The lowest BCUT2D eigenvalue weighted by Crippen LogP contribution is -2.27. The number of hydrogen-bond donors (Lipinski definition) is 0. The maximum absolute atomic E-state index is 13.1. The third kappa shape index (κ3) is 3.48. The first-order valence-electron chi connectivity index (χ1n) is 6.39. The van der Waals surface area contributed by atoms with Gasteiger partial charge in [-0.2, -0.15) is 18.4 Å². The number of benzene rings is 2. The van der Waals surface area contributed by atoms with Crippen molar-refractivity contribution in [2.75, 3.05) is 11.9 Å². The van der Waals surface area contributed by atoms with Crippen LogP contribution in [-0.4, -0.2) is 13.0 Å². The van der Waals surface area contributed by atoms with Crippen molar-refractivity contribution in [3.05, 3.63) is 65.0 Å². The zero-order chi connectivity index (χ0) is 17.2. The molecule has 0 radical (unpaired) electrons. The SMILES string of the molecule is CN(C(=O)c1ccc(C(F)(F)F)cc1)c1ccc(F)cc1C#N. The molecule has 0 aliphatic carbocycles. The fourth-order valence-electron chi connectivity index (χ4n) is 2.00. The Labute approximate surface area is 129 Å². The number of halogens is 4. The van der Waals surface area contributed by atoms with Gasteiger partial charge in [-0.1, -0.05) is 0 Å². The largest absolute Gasteiger partial charge is 0.416 e. The summed E-state index contributed by atoms with van der Waals surface area (Å²) in [6.45, 7) is 0. The maximum atomic E-state index is 13.1. The molecule has 1 amide bonds. The molecule has 2 rings (SSSR count). The van der Waals surface area contributed by atoms with Crippen LogP contribution < -0.4 is 4.90 Å². The standard InChI is InChI=1S/C16H10F4N2O/c1-22(14-7-6-13(17)8-11(14)9-21)15(23)10-2-4-12(5-3-10)16(18,19)20/h2-8H,1H3. The molecule has 0 aromatic heterocycles. The number of amides is 1. The fourth-order valence-corrected chi connectivity index (χ4v) is 2.00. The lowest BCUT2D eigenvalue weighted by atomic mass is 10.1. The van der Waals surface area contributed by atoms with Gasteiger partial charge in [-0.15, -0.1) is 0 Å². The number of alkyl halides is 3. The highest BCUT2D eigenvalue weighted by molar-refractivity contribution is 6.06. The molecule has 23 heavy (non-hydrogen) atoms. The molecule has 0 aliphatic heterocycles. The average Bonchev–Trinajstić information content (AvgIpc) is 2.52. The Hall–Kier alpha value is -2.88. The molecule has 0 fully saturated rings. The van der Waals surface area contributed by atoms with E-state index in [1.54, 1.807) is 6.07 Å². The van der Waals surface area contributed by atoms with Gasteiger partial charge in [-0.3, -0.25) is 4.79 Å². The summed E-state index contributed by atoms with van der Waals surface area (Å²) in [5.74, 6) is -1.23. The van der Waals surface area contributed by atoms with E-state index in [2.05, 4.69) is 0 Å². The molecule has 0 saturated carbocycles. The van der Waals surface area contributed by atoms with Gasteiger partial charge in [0.15, 0.2) is 0 Å². The molecule has 0 unspecified atom stereocenters. The molecule has 0 N–H and O–H groups in total. The molecule has 7 heteroatoms. The van der Waals surface area contributed by atoms with E-state index in [0.29, 0.717) is 0 Å². The topological polar surface area (TPSA) is 44.1 Å². The van der Waals surface area contributed by atoms with E-state index in [4.69, 9.17) is 5.26 Å². The number of nitrogens with zero attached hydrogens (tertiary/aromatic N) is 2. The molecule has 0 atom stereocenters. The Balaban J connectivity index is 2.32. The summed E-state index contributed by atoms with van der Waals surface area (Å²) in [5.41, 5.74) is -0.725. The number of carbonyl (C=O) groups excluding carboxylic acids is 1. The normalized spacial score (nSPS) is 11.0. The van der Waals surface area contributed by atoms with Crippen molar-refractivity contribution in [2.45, 2.75) is 6.18 Å². The Kier molecular flexibility index (Phi) is 4.36. The first kappa shape index (κ1) is 16.5. The fraction of sp³-hybridized carbons (Fsp3) is 0.125. The van der Waals surface area contributed by atoms with Crippen LogP contribution in [0.25, 0.3) is 0 Å². The summed E-state index contributed by atoms with van der Waals surface area (Å²) in [7, 11) is 1.36. The third-order valence-electron chi connectivity index (χ3n) is 3.20. The molecule has 3 nitrogen and oxygen atoms in total. The Bertz CT molecular complexity index is 776. The van der Waals surface area contributed by atoms with Gasteiger partial charge in [0.1, 0.15) is 11.9 Å². The Morgan fingerprint density at radius 3 is 2.26 bits per heavy atom. The van der Waals surface area contributed by atoms with Gasteiger partial charge in [0.2, 0.25) is 0 Å². The summed E-state index contributed by atoms with van der Waals surface area (Å²) < 4.78 is 50.7. The second-order valence-electron chi connectivity index (χ2n) is 4.71. The number of hydrogen-bond acceptors (Lipinski definition) is 2. The van der Waals surface area contributed by atoms with E-state index in [1.807, 2.05) is 0 Å². The van der Waals surface area contributed by atoms with Crippen molar-refractivity contribution in [3.8, 4) is 6.07 Å². The summed E-state index contributed by atoms with van der Waals surface area (Å²) in [6.07, 6.45) is -4.49. The van der Waals surface area contributed by atoms with Crippen LogP contribution in [-0.2, 0) is 6.18 Å². The van der Waals surface area contributed by atoms with Crippen molar-refractivity contribution >= 4 is 11.6 Å². The van der Waals surface area contributed by atoms with Crippen molar-refractivity contribution < 1.29 is 22.4 Å². The molecule has 0 spiro atoms. The molecule has 0 heterocycles. The summed E-state index contributed by atoms with van der Waals surface area (Å²) in [4.78, 5) is 13.4. The van der Waals surface area contributed by atoms with Crippen LogP contribution in [0.2, 0.25) is 0 Å². The molecule has 0 saturated heterocycles. The average molecular weight is 322 g/mol. The van der Waals surface area contributed by atoms with E-state index < -0.39 is 23.5 Å². The van der Waals surface area contributed by atoms with E-state index in [1.165, 1.54) is 13.1 Å². The minimum absolute atomic E-state index is 0.0220. The van der Waals surface area contributed by atoms with Gasteiger partial charge in [-0.25, -0.2) is 4.39 Å². The van der Waals surface area contributed by atoms with E-state index in [-0.39, 0.29) is 16.8 Å².